The van der Waals surface area contributed by atoms with Gasteiger partial charge in [-0.15, -0.1) is 0 Å². The van der Waals surface area contributed by atoms with Gasteiger partial charge in [0.1, 0.15) is 5.58 Å². The Morgan fingerprint density at radius 3 is 2.35 bits per heavy atom. The molecule has 0 saturated carbocycles. The van der Waals surface area contributed by atoms with Crippen LogP contribution in [0.15, 0.2) is 28.9 Å². The van der Waals surface area contributed by atoms with Crippen LogP contribution in [0, 0.1) is 0 Å². The molecule has 0 atom stereocenters. The molecule has 0 aliphatic carbocycles. The smallest absolute Gasteiger partial charge is 0.464 e. The lowest BCUT2D eigenvalue weighted by Crippen LogP contribution is -2.41. The first-order valence-electron chi connectivity index (χ1n) is 6.80. The van der Waals surface area contributed by atoms with Crippen LogP contribution in [0.2, 0.25) is 0 Å². The van der Waals surface area contributed by atoms with E-state index in [0.717, 1.165) is 22.0 Å². The molecule has 20 heavy (non-hydrogen) atoms. The molecule has 4 nitrogen and oxygen atoms in total. The first-order chi connectivity index (χ1) is 9.34. The van der Waals surface area contributed by atoms with Crippen LogP contribution in [0.5, 0.6) is 0 Å². The number of rotatable bonds is 2. The Morgan fingerprint density at radius 2 is 1.75 bits per heavy atom. The average molecular weight is 274 g/mol. The lowest BCUT2D eigenvalue weighted by molar-refractivity contribution is 0.00578. The van der Waals surface area contributed by atoms with Crippen molar-refractivity contribution in [2.24, 2.45) is 0 Å². The summed E-state index contributed by atoms with van der Waals surface area (Å²) in [5.41, 5.74) is 1.76. The number of hydrogen-bond acceptors (Lipinski definition) is 4. The van der Waals surface area contributed by atoms with Gasteiger partial charge in [-0.25, -0.2) is 0 Å². The molecule has 1 fully saturated rings. The molecule has 1 aromatic heterocycles. The van der Waals surface area contributed by atoms with Gasteiger partial charge in [0, 0.05) is 10.9 Å². The summed E-state index contributed by atoms with van der Waals surface area (Å²) >= 11 is 0. The molecule has 0 bridgehead atoms. The van der Waals surface area contributed by atoms with Gasteiger partial charge in [-0.05, 0) is 39.2 Å². The summed E-state index contributed by atoms with van der Waals surface area (Å²) in [6.45, 7) is 8.08. The second kappa shape index (κ2) is 4.35. The normalized spacial score (nSPS) is 20.8. The maximum Gasteiger partial charge on any atom is 0.494 e. The molecule has 0 unspecified atom stereocenters. The maximum absolute atomic E-state index is 9.32. The highest BCUT2D eigenvalue weighted by atomic mass is 16.7. The van der Waals surface area contributed by atoms with E-state index in [9.17, 15) is 5.11 Å². The number of hydrogen-bond donors (Lipinski definition) is 1. The van der Waals surface area contributed by atoms with Crippen molar-refractivity contribution in [3.8, 4) is 0 Å². The van der Waals surface area contributed by atoms with Crippen molar-refractivity contribution in [2.45, 2.75) is 45.5 Å². The summed E-state index contributed by atoms with van der Waals surface area (Å²) in [6, 6.07) is 5.79. The van der Waals surface area contributed by atoms with Crippen molar-refractivity contribution in [1.82, 2.24) is 0 Å². The molecule has 1 saturated heterocycles. The van der Waals surface area contributed by atoms with Crippen molar-refractivity contribution in [2.75, 3.05) is 0 Å². The zero-order chi connectivity index (χ0) is 14.5. The highest BCUT2D eigenvalue weighted by molar-refractivity contribution is 6.62. The number of aliphatic hydroxyl groups excluding tert-OH is 1. The lowest BCUT2D eigenvalue weighted by atomic mass is 9.78. The van der Waals surface area contributed by atoms with Gasteiger partial charge >= 0.3 is 7.12 Å². The second-order valence-corrected chi connectivity index (χ2v) is 6.26. The fraction of sp³-hybridized carbons (Fsp3) is 0.467. The quantitative estimate of drug-likeness (QED) is 0.853. The van der Waals surface area contributed by atoms with Crippen LogP contribution in [-0.4, -0.2) is 23.4 Å². The van der Waals surface area contributed by atoms with Crippen molar-refractivity contribution >= 4 is 23.6 Å². The van der Waals surface area contributed by atoms with E-state index in [1.54, 1.807) is 6.26 Å². The molecule has 0 amide bonds. The molecular weight excluding hydrogens is 255 g/mol. The average Bonchev–Trinajstić information content (AvgIpc) is 2.87. The van der Waals surface area contributed by atoms with Crippen LogP contribution in [0.4, 0.5) is 0 Å². The van der Waals surface area contributed by atoms with Gasteiger partial charge in [-0.2, -0.15) is 0 Å². The minimum Gasteiger partial charge on any atom is -0.464 e. The van der Waals surface area contributed by atoms with E-state index in [-0.39, 0.29) is 17.8 Å². The summed E-state index contributed by atoms with van der Waals surface area (Å²) in [7, 11) is -0.397. The highest BCUT2D eigenvalue weighted by Crippen LogP contribution is 2.36. The molecule has 1 aliphatic rings. The summed E-state index contributed by atoms with van der Waals surface area (Å²) in [4.78, 5) is 0. The molecule has 2 heterocycles. The van der Waals surface area contributed by atoms with Crippen LogP contribution in [0.1, 0.15) is 33.3 Å². The first-order valence-corrected chi connectivity index (χ1v) is 6.80. The minimum atomic E-state index is -0.397. The predicted molar refractivity (Wildman–Crippen MR) is 77.9 cm³/mol. The van der Waals surface area contributed by atoms with E-state index in [1.807, 2.05) is 45.9 Å². The molecule has 3 rings (SSSR count). The Kier molecular flexibility index (Phi) is 2.97. The van der Waals surface area contributed by atoms with Gasteiger partial charge in [-0.3, -0.25) is 0 Å². The molecule has 1 aromatic carbocycles. The van der Waals surface area contributed by atoms with Crippen LogP contribution in [-0.2, 0) is 15.9 Å². The first kappa shape index (κ1) is 13.7. The third-order valence-electron chi connectivity index (χ3n) is 4.37. The molecule has 5 heteroatoms. The number of benzene rings is 1. The van der Waals surface area contributed by atoms with E-state index in [2.05, 4.69) is 0 Å². The third kappa shape index (κ3) is 1.97. The molecular formula is C15H19BO4. The minimum absolute atomic E-state index is 0.0418. The van der Waals surface area contributed by atoms with Crippen LogP contribution >= 0.6 is 0 Å². The van der Waals surface area contributed by atoms with Crippen molar-refractivity contribution in [3.63, 3.8) is 0 Å². The molecule has 2 aromatic rings. The standard InChI is InChI=1S/C15H19BO4/c1-14(2)15(3,4)20-16(19-14)11-5-6-13-12(7-11)10(8-17)9-18-13/h5-7,9,17H,8H2,1-4H3. The molecule has 1 aliphatic heterocycles. The molecule has 0 spiro atoms. The molecule has 0 radical (unpaired) electrons. The monoisotopic (exact) mass is 274 g/mol. The fourth-order valence-electron chi connectivity index (χ4n) is 2.35. The van der Waals surface area contributed by atoms with E-state index >= 15 is 0 Å². The topological polar surface area (TPSA) is 51.8 Å². The van der Waals surface area contributed by atoms with Gasteiger partial charge in [0.05, 0.1) is 24.1 Å². The maximum atomic E-state index is 9.32. The SMILES string of the molecule is CC1(C)OB(c2ccc3occ(CO)c3c2)OC1(C)C. The van der Waals surface area contributed by atoms with E-state index < -0.39 is 7.12 Å². The highest BCUT2D eigenvalue weighted by Gasteiger charge is 2.51. The fourth-order valence-corrected chi connectivity index (χ4v) is 2.35. The summed E-state index contributed by atoms with van der Waals surface area (Å²) < 4.78 is 17.5. The second-order valence-electron chi connectivity index (χ2n) is 6.26. The van der Waals surface area contributed by atoms with Gasteiger partial charge < -0.3 is 18.8 Å². The third-order valence-corrected chi connectivity index (χ3v) is 4.37. The van der Waals surface area contributed by atoms with Gasteiger partial charge in [0.2, 0.25) is 0 Å². The zero-order valence-electron chi connectivity index (χ0n) is 12.3. The molecule has 1 N–H and O–H groups in total. The van der Waals surface area contributed by atoms with E-state index in [4.69, 9.17) is 13.7 Å². The Balaban J connectivity index is 1.99. The Morgan fingerprint density at radius 1 is 1.10 bits per heavy atom. The zero-order valence-corrected chi connectivity index (χ0v) is 12.3. The van der Waals surface area contributed by atoms with Crippen molar-refractivity contribution in [3.05, 3.63) is 30.0 Å². The summed E-state index contributed by atoms with van der Waals surface area (Å²) in [6.07, 6.45) is 1.58. The van der Waals surface area contributed by atoms with Crippen LogP contribution in [0.25, 0.3) is 11.0 Å². The molecule has 106 valence electrons. The van der Waals surface area contributed by atoms with Gasteiger partial charge in [0.25, 0.3) is 0 Å². The Hall–Kier alpha value is -1.30. The van der Waals surface area contributed by atoms with Gasteiger partial charge in [-0.1, -0.05) is 12.1 Å². The van der Waals surface area contributed by atoms with Crippen molar-refractivity contribution in [1.29, 1.82) is 0 Å². The summed E-state index contributed by atoms with van der Waals surface area (Å²) in [5, 5.41) is 10.2. The lowest BCUT2D eigenvalue weighted by Gasteiger charge is -2.32. The predicted octanol–water partition coefficient (Wildman–Crippen LogP) is 2.22. The number of fused-ring (bicyclic) bond motifs is 1. The Labute approximate surface area is 118 Å². The Bertz CT molecular complexity index is 628. The number of furan rings is 1. The number of aliphatic hydroxyl groups is 1. The van der Waals surface area contributed by atoms with Crippen LogP contribution < -0.4 is 5.46 Å². The van der Waals surface area contributed by atoms with Gasteiger partial charge in [0.15, 0.2) is 0 Å². The van der Waals surface area contributed by atoms with E-state index in [1.165, 1.54) is 0 Å². The largest absolute Gasteiger partial charge is 0.494 e. The van der Waals surface area contributed by atoms with Crippen molar-refractivity contribution < 1.29 is 18.8 Å². The summed E-state index contributed by atoms with van der Waals surface area (Å²) in [5.74, 6) is 0. The van der Waals surface area contributed by atoms with Crippen LogP contribution in [0.3, 0.4) is 0 Å². The van der Waals surface area contributed by atoms with E-state index in [0.29, 0.717) is 0 Å².